The van der Waals surface area contributed by atoms with Gasteiger partial charge in [-0.1, -0.05) is 6.42 Å². The predicted molar refractivity (Wildman–Crippen MR) is 125 cm³/mol. The average Bonchev–Trinajstić information content (AvgIpc) is 3.16. The first-order chi connectivity index (χ1) is 17.5. The van der Waals surface area contributed by atoms with Crippen LogP contribution in [-0.4, -0.2) is 68.8 Å². The number of piperidine rings is 1. The zero-order valence-corrected chi connectivity index (χ0v) is 19.9. The normalized spacial score (nSPS) is 27.0. The van der Waals surface area contributed by atoms with E-state index in [9.17, 15) is 18.8 Å². The van der Waals surface area contributed by atoms with E-state index in [4.69, 9.17) is 4.74 Å². The van der Waals surface area contributed by atoms with Gasteiger partial charge < -0.3 is 9.64 Å². The zero-order chi connectivity index (χ0) is 24.8. The van der Waals surface area contributed by atoms with Gasteiger partial charge in [-0.2, -0.15) is 4.39 Å². The number of hydrogen-bond donors (Lipinski definition) is 1. The lowest BCUT2D eigenvalue weighted by molar-refractivity contribution is -0.136. The Morgan fingerprint density at radius 1 is 1.03 bits per heavy atom. The van der Waals surface area contributed by atoms with Gasteiger partial charge in [-0.15, -0.1) is 0 Å². The van der Waals surface area contributed by atoms with Crippen molar-refractivity contribution in [2.45, 2.75) is 69.2 Å². The Hall–Kier alpha value is -3.40. The summed E-state index contributed by atoms with van der Waals surface area (Å²) < 4.78 is 19.6. The molecule has 0 spiro atoms. The van der Waals surface area contributed by atoms with Gasteiger partial charge in [0.2, 0.25) is 17.8 Å². The van der Waals surface area contributed by atoms with Crippen LogP contribution in [0.25, 0.3) is 0 Å². The second-order valence-corrected chi connectivity index (χ2v) is 10.1. The van der Waals surface area contributed by atoms with Crippen molar-refractivity contribution in [2.24, 2.45) is 0 Å². The SMILES string of the molecule is O=C1CCC(N2Cc3cc(O[C@@H]4CCCC[C@@H]4N4CC(c5cnc(F)cn5)C4)ccc3C2=O)C(=O)N1. The van der Waals surface area contributed by atoms with Crippen LogP contribution >= 0.6 is 0 Å². The lowest BCUT2D eigenvalue weighted by atomic mass is 9.86. The molecule has 1 saturated carbocycles. The van der Waals surface area contributed by atoms with Gasteiger partial charge in [0.25, 0.3) is 5.91 Å². The van der Waals surface area contributed by atoms with E-state index >= 15 is 0 Å². The molecule has 0 bridgehead atoms. The number of hydrogen-bond acceptors (Lipinski definition) is 7. The van der Waals surface area contributed by atoms with Crippen molar-refractivity contribution in [1.82, 2.24) is 25.1 Å². The molecular formula is C26H28FN5O4. The highest BCUT2D eigenvalue weighted by atomic mass is 19.1. The Morgan fingerprint density at radius 2 is 1.86 bits per heavy atom. The number of rotatable bonds is 5. The van der Waals surface area contributed by atoms with Crippen LogP contribution in [0.5, 0.6) is 5.75 Å². The fraction of sp³-hybridized carbons (Fsp3) is 0.500. The molecule has 3 aliphatic heterocycles. The molecule has 2 aromatic rings. The molecule has 6 rings (SSSR count). The summed E-state index contributed by atoms with van der Waals surface area (Å²) in [6.45, 7) is 2.03. The summed E-state index contributed by atoms with van der Waals surface area (Å²) in [6.07, 6.45) is 7.59. The van der Waals surface area contributed by atoms with Crippen molar-refractivity contribution in [2.75, 3.05) is 13.1 Å². The summed E-state index contributed by atoms with van der Waals surface area (Å²) in [5, 5.41) is 2.34. The lowest BCUT2D eigenvalue weighted by Crippen LogP contribution is -2.57. The zero-order valence-electron chi connectivity index (χ0n) is 19.9. The minimum absolute atomic E-state index is 0.0420. The first-order valence-corrected chi connectivity index (χ1v) is 12.6. The lowest BCUT2D eigenvalue weighted by Gasteiger charge is -2.48. The van der Waals surface area contributed by atoms with Crippen molar-refractivity contribution in [3.05, 3.63) is 53.4 Å². The predicted octanol–water partition coefficient (Wildman–Crippen LogP) is 2.17. The molecule has 3 amide bonds. The molecule has 2 saturated heterocycles. The first kappa shape index (κ1) is 23.0. The fourth-order valence-corrected chi connectivity index (χ4v) is 5.93. The van der Waals surface area contributed by atoms with Gasteiger partial charge in [0, 0.05) is 43.6 Å². The van der Waals surface area contributed by atoms with E-state index in [1.165, 1.54) is 12.4 Å². The van der Waals surface area contributed by atoms with Crippen LogP contribution in [0.3, 0.4) is 0 Å². The number of nitrogens with zero attached hydrogens (tertiary/aromatic N) is 4. The largest absolute Gasteiger partial charge is 0.489 e. The molecule has 1 aliphatic carbocycles. The molecule has 10 heteroatoms. The summed E-state index contributed by atoms with van der Waals surface area (Å²) in [4.78, 5) is 48.6. The number of halogens is 1. The molecule has 1 N–H and O–H groups in total. The van der Waals surface area contributed by atoms with E-state index in [1.54, 1.807) is 11.0 Å². The van der Waals surface area contributed by atoms with E-state index in [0.29, 0.717) is 24.6 Å². The summed E-state index contributed by atoms with van der Waals surface area (Å²) in [6, 6.07) is 5.20. The van der Waals surface area contributed by atoms with E-state index in [0.717, 1.165) is 55.8 Å². The maximum absolute atomic E-state index is 13.1. The Bertz CT molecular complexity index is 1200. The van der Waals surface area contributed by atoms with Gasteiger partial charge >= 0.3 is 0 Å². The minimum atomic E-state index is -0.625. The quantitative estimate of drug-likeness (QED) is 0.637. The van der Waals surface area contributed by atoms with Gasteiger partial charge in [-0.3, -0.25) is 29.6 Å². The molecule has 4 heterocycles. The second kappa shape index (κ2) is 9.24. The number of carbonyl (C=O) groups excluding carboxylic acids is 3. The highest BCUT2D eigenvalue weighted by Gasteiger charge is 2.41. The van der Waals surface area contributed by atoms with Crippen molar-refractivity contribution in [3.63, 3.8) is 0 Å². The molecule has 1 aromatic heterocycles. The molecule has 4 aliphatic rings. The van der Waals surface area contributed by atoms with E-state index in [1.807, 2.05) is 12.1 Å². The number of imide groups is 1. The van der Waals surface area contributed by atoms with Crippen molar-refractivity contribution < 1.29 is 23.5 Å². The minimum Gasteiger partial charge on any atom is -0.489 e. The third kappa shape index (κ3) is 4.23. The van der Waals surface area contributed by atoms with Crippen molar-refractivity contribution >= 4 is 17.7 Å². The first-order valence-electron chi connectivity index (χ1n) is 12.6. The highest BCUT2D eigenvalue weighted by molar-refractivity contribution is 6.05. The molecule has 1 unspecified atom stereocenters. The molecule has 0 radical (unpaired) electrons. The standard InChI is InChI=1S/C26H28FN5O4/c27-23-11-28-19(10-29-23)16-12-31(13-16)20-3-1-2-4-22(20)36-17-5-6-18-15(9-17)14-32(26(18)35)21-7-8-24(33)30-25(21)34/h5-6,9-11,16,20-22H,1-4,7-8,12-14H2,(H,30,33,34)/t20-,21?,22+/m0/s1. The topological polar surface area (TPSA) is 105 Å². The Kier molecular flexibility index (Phi) is 5.91. The Labute approximate surface area is 208 Å². The number of ether oxygens (including phenoxy) is 1. The van der Waals surface area contributed by atoms with Crippen LogP contribution in [0.1, 0.15) is 66.1 Å². The Morgan fingerprint density at radius 3 is 2.64 bits per heavy atom. The van der Waals surface area contributed by atoms with Crippen LogP contribution in [-0.2, 0) is 16.1 Å². The molecule has 9 nitrogen and oxygen atoms in total. The van der Waals surface area contributed by atoms with Crippen LogP contribution in [0.15, 0.2) is 30.6 Å². The number of likely N-dealkylation sites (tertiary alicyclic amines) is 1. The third-order valence-electron chi connectivity index (χ3n) is 7.89. The molecule has 3 atom stereocenters. The van der Waals surface area contributed by atoms with Crippen LogP contribution in [0, 0.1) is 5.95 Å². The summed E-state index contributed by atoms with van der Waals surface area (Å²) >= 11 is 0. The second-order valence-electron chi connectivity index (χ2n) is 10.1. The average molecular weight is 494 g/mol. The molecule has 1 aromatic carbocycles. The number of aromatic nitrogens is 2. The third-order valence-corrected chi connectivity index (χ3v) is 7.89. The fourth-order valence-electron chi connectivity index (χ4n) is 5.93. The van der Waals surface area contributed by atoms with Gasteiger partial charge in [0.05, 0.1) is 18.1 Å². The molecular weight excluding hydrogens is 465 g/mol. The van der Waals surface area contributed by atoms with Gasteiger partial charge in [0.15, 0.2) is 0 Å². The van der Waals surface area contributed by atoms with Crippen LogP contribution in [0.4, 0.5) is 4.39 Å². The summed E-state index contributed by atoms with van der Waals surface area (Å²) in [5.74, 6) is -0.468. The highest BCUT2D eigenvalue weighted by Crippen LogP contribution is 2.36. The summed E-state index contributed by atoms with van der Waals surface area (Å²) in [7, 11) is 0. The van der Waals surface area contributed by atoms with Gasteiger partial charge in [-0.25, -0.2) is 4.98 Å². The Balaban J connectivity index is 1.11. The van der Waals surface area contributed by atoms with E-state index in [-0.39, 0.29) is 30.3 Å². The smallest absolute Gasteiger partial charge is 0.255 e. The maximum Gasteiger partial charge on any atom is 0.255 e. The maximum atomic E-state index is 13.1. The molecule has 188 valence electrons. The van der Waals surface area contributed by atoms with Crippen molar-refractivity contribution in [1.29, 1.82) is 0 Å². The number of fused-ring (bicyclic) bond motifs is 1. The number of amides is 3. The van der Waals surface area contributed by atoms with E-state index in [2.05, 4.69) is 20.2 Å². The number of carbonyl (C=O) groups is 3. The number of benzene rings is 1. The van der Waals surface area contributed by atoms with Crippen LogP contribution < -0.4 is 10.1 Å². The van der Waals surface area contributed by atoms with Gasteiger partial charge in [-0.05, 0) is 49.4 Å². The molecule has 3 fully saturated rings. The summed E-state index contributed by atoms with van der Waals surface area (Å²) in [5.41, 5.74) is 2.25. The monoisotopic (exact) mass is 493 g/mol. The molecule has 36 heavy (non-hydrogen) atoms. The number of nitrogens with one attached hydrogen (secondary N) is 1. The van der Waals surface area contributed by atoms with E-state index < -0.39 is 17.9 Å². The van der Waals surface area contributed by atoms with Gasteiger partial charge in [0.1, 0.15) is 17.9 Å². The van der Waals surface area contributed by atoms with Crippen LogP contribution in [0.2, 0.25) is 0 Å². The van der Waals surface area contributed by atoms with Crippen molar-refractivity contribution in [3.8, 4) is 5.75 Å².